The maximum Gasteiger partial charge on any atom is 0.193 e. The number of aliphatic imine (C=N–C) groups is 1. The summed E-state index contributed by atoms with van der Waals surface area (Å²) in [6.07, 6.45) is 5.15. The van der Waals surface area contributed by atoms with Gasteiger partial charge in [-0.3, -0.25) is 4.99 Å². The summed E-state index contributed by atoms with van der Waals surface area (Å²) in [7, 11) is 3.89. The Bertz CT molecular complexity index is 512. The highest BCUT2D eigenvalue weighted by Crippen LogP contribution is 2.16. The van der Waals surface area contributed by atoms with Crippen LogP contribution in [-0.4, -0.2) is 69.2 Å². The zero-order valence-corrected chi connectivity index (χ0v) is 16.8. The van der Waals surface area contributed by atoms with Crippen LogP contribution in [0.2, 0.25) is 0 Å². The second-order valence-corrected chi connectivity index (χ2v) is 7.29. The molecule has 0 aromatic heterocycles. The van der Waals surface area contributed by atoms with Gasteiger partial charge in [-0.1, -0.05) is 25.1 Å². The van der Waals surface area contributed by atoms with E-state index in [2.05, 4.69) is 34.1 Å². The molecule has 0 bridgehead atoms. The molecule has 2 rings (SSSR count). The van der Waals surface area contributed by atoms with Crippen molar-refractivity contribution in [3.63, 3.8) is 0 Å². The molecule has 0 saturated carbocycles. The van der Waals surface area contributed by atoms with Crippen LogP contribution >= 0.6 is 0 Å². The first-order valence-corrected chi connectivity index (χ1v) is 10.0. The van der Waals surface area contributed by atoms with Gasteiger partial charge in [0.25, 0.3) is 0 Å². The Morgan fingerprint density at radius 3 is 2.65 bits per heavy atom. The van der Waals surface area contributed by atoms with E-state index in [-0.39, 0.29) is 0 Å². The smallest absolute Gasteiger partial charge is 0.193 e. The molecule has 1 aromatic carbocycles. The molecule has 1 aromatic rings. The molecular weight excluding hydrogens is 324 g/mol. The molecule has 0 unspecified atom stereocenters. The third-order valence-corrected chi connectivity index (χ3v) is 5.07. The van der Waals surface area contributed by atoms with Crippen molar-refractivity contribution in [2.75, 3.05) is 53.4 Å². The van der Waals surface area contributed by atoms with Gasteiger partial charge in [0, 0.05) is 20.6 Å². The van der Waals surface area contributed by atoms with Crippen LogP contribution in [0, 0.1) is 5.92 Å². The van der Waals surface area contributed by atoms with E-state index < -0.39 is 0 Å². The van der Waals surface area contributed by atoms with Crippen LogP contribution in [0.15, 0.2) is 35.3 Å². The lowest BCUT2D eigenvalue weighted by molar-refractivity contribution is 0.189. The Labute approximate surface area is 159 Å². The summed E-state index contributed by atoms with van der Waals surface area (Å²) in [5, 5.41) is 3.46. The van der Waals surface area contributed by atoms with Crippen molar-refractivity contribution in [3.05, 3.63) is 30.3 Å². The minimum absolute atomic E-state index is 0.647. The molecule has 0 atom stereocenters. The lowest BCUT2D eigenvalue weighted by Gasteiger charge is -2.30. The average molecular weight is 361 g/mol. The van der Waals surface area contributed by atoms with Crippen molar-refractivity contribution in [1.29, 1.82) is 0 Å². The van der Waals surface area contributed by atoms with Crippen LogP contribution in [0.4, 0.5) is 0 Å². The molecule has 1 aliphatic rings. The SMILES string of the molecule is CN=C(NCCCCN1CCC(C)CC1)N(C)CCOc1ccccc1. The molecular formula is C21H36N4O. The van der Waals surface area contributed by atoms with E-state index >= 15 is 0 Å². The van der Waals surface area contributed by atoms with Crippen LogP contribution in [0.25, 0.3) is 0 Å². The number of piperidine rings is 1. The van der Waals surface area contributed by atoms with Crippen molar-refractivity contribution in [1.82, 2.24) is 15.1 Å². The fraction of sp³-hybridized carbons (Fsp3) is 0.667. The highest BCUT2D eigenvalue weighted by atomic mass is 16.5. The van der Waals surface area contributed by atoms with Crippen LogP contribution in [-0.2, 0) is 0 Å². The molecule has 1 aliphatic heterocycles. The van der Waals surface area contributed by atoms with Gasteiger partial charge in [-0.2, -0.15) is 0 Å². The Kier molecular flexibility index (Phi) is 9.32. The molecule has 0 radical (unpaired) electrons. The van der Waals surface area contributed by atoms with E-state index in [0.29, 0.717) is 6.61 Å². The summed E-state index contributed by atoms with van der Waals surface area (Å²) in [6.45, 7) is 8.58. The van der Waals surface area contributed by atoms with Crippen molar-refractivity contribution >= 4 is 5.96 Å². The summed E-state index contributed by atoms with van der Waals surface area (Å²) in [5.41, 5.74) is 0. The summed E-state index contributed by atoms with van der Waals surface area (Å²) >= 11 is 0. The van der Waals surface area contributed by atoms with Crippen LogP contribution in [0.1, 0.15) is 32.6 Å². The molecule has 1 fully saturated rings. The fourth-order valence-electron chi connectivity index (χ4n) is 3.25. The Balaban J connectivity index is 1.55. The lowest BCUT2D eigenvalue weighted by Crippen LogP contribution is -2.41. The molecule has 1 saturated heterocycles. The number of guanidine groups is 1. The van der Waals surface area contributed by atoms with Crippen LogP contribution in [0.3, 0.4) is 0 Å². The van der Waals surface area contributed by atoms with Crippen LogP contribution < -0.4 is 10.1 Å². The number of nitrogens with one attached hydrogen (secondary N) is 1. The molecule has 1 N–H and O–H groups in total. The van der Waals surface area contributed by atoms with Gasteiger partial charge in [-0.25, -0.2) is 0 Å². The first-order chi connectivity index (χ1) is 12.7. The molecule has 5 nitrogen and oxygen atoms in total. The van der Waals surface area contributed by atoms with E-state index in [1.165, 1.54) is 45.3 Å². The van der Waals surface area contributed by atoms with E-state index in [1.807, 2.05) is 37.4 Å². The third kappa shape index (κ3) is 7.65. The summed E-state index contributed by atoms with van der Waals surface area (Å²) in [6, 6.07) is 9.94. The third-order valence-electron chi connectivity index (χ3n) is 5.07. The molecule has 146 valence electrons. The lowest BCUT2D eigenvalue weighted by atomic mass is 9.99. The Morgan fingerprint density at radius 2 is 1.96 bits per heavy atom. The maximum absolute atomic E-state index is 5.76. The average Bonchev–Trinajstić information content (AvgIpc) is 2.67. The first-order valence-electron chi connectivity index (χ1n) is 10.0. The topological polar surface area (TPSA) is 40.1 Å². The van der Waals surface area contributed by atoms with Gasteiger partial charge >= 0.3 is 0 Å². The molecule has 26 heavy (non-hydrogen) atoms. The number of hydrogen-bond acceptors (Lipinski definition) is 3. The number of unbranched alkanes of at least 4 members (excludes halogenated alkanes) is 1. The molecule has 0 aliphatic carbocycles. The summed E-state index contributed by atoms with van der Waals surface area (Å²) in [4.78, 5) is 9.11. The second kappa shape index (κ2) is 11.8. The maximum atomic E-state index is 5.76. The summed E-state index contributed by atoms with van der Waals surface area (Å²) < 4.78 is 5.76. The number of benzene rings is 1. The second-order valence-electron chi connectivity index (χ2n) is 7.29. The number of rotatable bonds is 9. The molecule has 0 spiro atoms. The largest absolute Gasteiger partial charge is 0.492 e. The fourth-order valence-corrected chi connectivity index (χ4v) is 3.25. The normalized spacial score (nSPS) is 16.5. The Hall–Kier alpha value is -1.75. The van der Waals surface area contributed by atoms with E-state index in [1.54, 1.807) is 0 Å². The van der Waals surface area contributed by atoms with Crippen molar-refractivity contribution in [3.8, 4) is 5.75 Å². The zero-order chi connectivity index (χ0) is 18.6. The van der Waals surface area contributed by atoms with E-state index in [9.17, 15) is 0 Å². The quantitative estimate of drug-likeness (QED) is 0.417. The number of nitrogens with zero attached hydrogens (tertiary/aromatic N) is 3. The van der Waals surface area contributed by atoms with Gasteiger partial charge in [0.2, 0.25) is 0 Å². The van der Waals surface area contributed by atoms with E-state index in [0.717, 1.165) is 30.7 Å². The zero-order valence-electron chi connectivity index (χ0n) is 16.8. The highest BCUT2D eigenvalue weighted by Gasteiger charge is 2.14. The van der Waals surface area contributed by atoms with Gasteiger partial charge in [-0.05, 0) is 63.4 Å². The number of likely N-dealkylation sites (tertiary alicyclic amines) is 1. The number of hydrogen-bond donors (Lipinski definition) is 1. The van der Waals surface area contributed by atoms with Crippen molar-refractivity contribution in [2.24, 2.45) is 10.9 Å². The minimum atomic E-state index is 0.647. The predicted octanol–water partition coefficient (Wildman–Crippen LogP) is 3.08. The van der Waals surface area contributed by atoms with Crippen molar-refractivity contribution < 1.29 is 4.74 Å². The first kappa shape index (κ1) is 20.6. The van der Waals surface area contributed by atoms with Gasteiger partial charge in [0.05, 0.1) is 6.54 Å². The minimum Gasteiger partial charge on any atom is -0.492 e. The highest BCUT2D eigenvalue weighted by molar-refractivity contribution is 5.79. The molecule has 1 heterocycles. The van der Waals surface area contributed by atoms with Crippen LogP contribution in [0.5, 0.6) is 5.75 Å². The standard InChI is InChI=1S/C21H36N4O/c1-19-11-15-25(16-12-19)14-8-7-13-23-21(22-2)24(3)17-18-26-20-9-5-4-6-10-20/h4-6,9-10,19H,7-8,11-18H2,1-3H3,(H,22,23). The van der Waals surface area contributed by atoms with Gasteiger partial charge in [-0.15, -0.1) is 0 Å². The van der Waals surface area contributed by atoms with Gasteiger partial charge in [0.1, 0.15) is 12.4 Å². The number of ether oxygens (including phenoxy) is 1. The predicted molar refractivity (Wildman–Crippen MR) is 110 cm³/mol. The van der Waals surface area contributed by atoms with Gasteiger partial charge < -0.3 is 19.9 Å². The van der Waals surface area contributed by atoms with E-state index in [4.69, 9.17) is 4.74 Å². The monoisotopic (exact) mass is 360 g/mol. The van der Waals surface area contributed by atoms with Gasteiger partial charge in [0.15, 0.2) is 5.96 Å². The summed E-state index contributed by atoms with van der Waals surface area (Å²) in [5.74, 6) is 2.77. The van der Waals surface area contributed by atoms with Crippen molar-refractivity contribution in [2.45, 2.75) is 32.6 Å². The Morgan fingerprint density at radius 1 is 1.23 bits per heavy atom. The molecule has 5 heteroatoms. The molecule has 0 amide bonds. The number of para-hydroxylation sites is 1. The number of likely N-dealkylation sites (N-methyl/N-ethyl adjacent to an activating group) is 1.